The molecule has 0 aliphatic rings. The molecule has 0 atom stereocenters. The van der Waals surface area contributed by atoms with Gasteiger partial charge < -0.3 is 14.4 Å². The van der Waals surface area contributed by atoms with E-state index in [4.69, 9.17) is 25.1 Å². The number of imidazole rings is 1. The summed E-state index contributed by atoms with van der Waals surface area (Å²) in [6, 6.07) is 47.3. The van der Waals surface area contributed by atoms with Crippen molar-refractivity contribution in [2.24, 2.45) is 0 Å². The Bertz CT molecular complexity index is 2250. The van der Waals surface area contributed by atoms with Crippen LogP contribution in [0.15, 0.2) is 140 Å². The van der Waals surface area contributed by atoms with Crippen LogP contribution in [-0.4, -0.2) is 47.4 Å². The van der Waals surface area contributed by atoms with Crippen LogP contribution in [0.25, 0.3) is 22.5 Å². The van der Waals surface area contributed by atoms with E-state index >= 15 is 0 Å². The van der Waals surface area contributed by atoms with E-state index in [1.165, 1.54) is 0 Å². The van der Waals surface area contributed by atoms with Gasteiger partial charge in [0.15, 0.2) is 11.2 Å². The molecule has 0 spiro atoms. The zero-order valence-corrected chi connectivity index (χ0v) is 31.8. The summed E-state index contributed by atoms with van der Waals surface area (Å²) in [6.07, 6.45) is 2.56. The normalized spacial score (nSPS) is 11.8. The van der Waals surface area contributed by atoms with Gasteiger partial charge in [-0.2, -0.15) is 0 Å². The van der Waals surface area contributed by atoms with Crippen molar-refractivity contribution in [1.82, 2.24) is 29.8 Å². The SMILES string of the molecule is CCCCc1nc(C(C)(C)O)c(C(=O)OCC)n1Cc1ccc(-c2ccccc2-c2nnn(C(c3ccccc3)(c3ccccc3)c3ccccc3)n2)cc1. The lowest BCUT2D eigenvalue weighted by Crippen LogP contribution is -2.39. The van der Waals surface area contributed by atoms with Crippen LogP contribution < -0.4 is 0 Å². The van der Waals surface area contributed by atoms with Crippen LogP contribution in [0.4, 0.5) is 0 Å². The van der Waals surface area contributed by atoms with Crippen molar-refractivity contribution in [3.8, 4) is 22.5 Å². The van der Waals surface area contributed by atoms with Crippen molar-refractivity contribution >= 4 is 5.97 Å². The third-order valence-corrected chi connectivity index (χ3v) is 9.91. The van der Waals surface area contributed by atoms with Crippen molar-refractivity contribution in [1.29, 1.82) is 0 Å². The molecule has 5 aromatic carbocycles. The minimum atomic E-state index is -1.32. The lowest BCUT2D eigenvalue weighted by Gasteiger charge is -2.34. The van der Waals surface area contributed by atoms with Gasteiger partial charge in [0.05, 0.1) is 6.61 Å². The van der Waals surface area contributed by atoms with Gasteiger partial charge in [0.1, 0.15) is 17.1 Å². The molecule has 0 amide bonds. The van der Waals surface area contributed by atoms with Gasteiger partial charge in [-0.15, -0.1) is 15.0 Å². The summed E-state index contributed by atoms with van der Waals surface area (Å²) in [5.74, 6) is 0.768. The Kier molecular flexibility index (Phi) is 10.8. The number of aryl methyl sites for hydroxylation is 1. The molecule has 7 aromatic rings. The average Bonchev–Trinajstić information content (AvgIpc) is 3.85. The van der Waals surface area contributed by atoms with Crippen molar-refractivity contribution in [3.05, 3.63) is 179 Å². The molecule has 0 aliphatic carbocycles. The molecule has 0 fully saturated rings. The third-order valence-electron chi connectivity index (χ3n) is 9.91. The van der Waals surface area contributed by atoms with Crippen LogP contribution in [0.5, 0.6) is 0 Å². The van der Waals surface area contributed by atoms with Crippen LogP contribution in [-0.2, 0) is 28.8 Å². The first-order valence-electron chi connectivity index (χ1n) is 18.9. The van der Waals surface area contributed by atoms with Gasteiger partial charge in [0, 0.05) is 18.5 Å². The number of ether oxygens (including phenoxy) is 1. The molecule has 278 valence electrons. The maximum Gasteiger partial charge on any atom is 0.357 e. The fraction of sp³-hybridized carbons (Fsp3) is 0.239. The Morgan fingerprint density at radius 2 is 1.27 bits per heavy atom. The maximum absolute atomic E-state index is 13.3. The van der Waals surface area contributed by atoms with Crippen LogP contribution in [0.3, 0.4) is 0 Å². The summed E-state index contributed by atoms with van der Waals surface area (Å²) in [4.78, 5) is 19.9. The van der Waals surface area contributed by atoms with E-state index in [0.29, 0.717) is 30.2 Å². The predicted molar refractivity (Wildman–Crippen MR) is 214 cm³/mol. The number of aromatic nitrogens is 6. The topological polar surface area (TPSA) is 108 Å². The van der Waals surface area contributed by atoms with Crippen molar-refractivity contribution in [2.45, 2.75) is 64.6 Å². The molecule has 0 aliphatic heterocycles. The number of hydrogen-bond acceptors (Lipinski definition) is 7. The Labute approximate surface area is 322 Å². The smallest absolute Gasteiger partial charge is 0.357 e. The van der Waals surface area contributed by atoms with Crippen LogP contribution in [0.1, 0.15) is 84.8 Å². The molecule has 2 aromatic heterocycles. The fourth-order valence-corrected chi connectivity index (χ4v) is 7.28. The first-order valence-corrected chi connectivity index (χ1v) is 18.9. The number of hydrogen-bond donors (Lipinski definition) is 1. The highest BCUT2D eigenvalue weighted by atomic mass is 16.5. The Morgan fingerprint density at radius 1 is 0.727 bits per heavy atom. The summed E-state index contributed by atoms with van der Waals surface area (Å²) >= 11 is 0. The molecule has 0 saturated carbocycles. The lowest BCUT2D eigenvalue weighted by molar-refractivity contribution is 0.0469. The highest BCUT2D eigenvalue weighted by molar-refractivity contribution is 5.89. The Morgan fingerprint density at radius 3 is 1.80 bits per heavy atom. The second-order valence-corrected chi connectivity index (χ2v) is 14.1. The summed E-state index contributed by atoms with van der Waals surface area (Å²) in [5.41, 5.74) is 5.22. The highest BCUT2D eigenvalue weighted by Crippen LogP contribution is 2.40. The number of rotatable bonds is 14. The summed E-state index contributed by atoms with van der Waals surface area (Å²) in [7, 11) is 0. The van der Waals surface area contributed by atoms with E-state index in [2.05, 4.69) is 73.7 Å². The van der Waals surface area contributed by atoms with E-state index in [9.17, 15) is 9.90 Å². The number of benzene rings is 5. The maximum atomic E-state index is 13.3. The van der Waals surface area contributed by atoms with Crippen molar-refractivity contribution in [2.75, 3.05) is 6.61 Å². The van der Waals surface area contributed by atoms with Gasteiger partial charge in [-0.1, -0.05) is 153 Å². The van der Waals surface area contributed by atoms with Crippen molar-refractivity contribution < 1.29 is 14.6 Å². The molecule has 1 N–H and O–H groups in total. The summed E-state index contributed by atoms with van der Waals surface area (Å²) in [5, 5.41) is 25.7. The first-order chi connectivity index (χ1) is 26.7. The molecule has 0 bridgehead atoms. The van der Waals surface area contributed by atoms with Gasteiger partial charge in [-0.25, -0.2) is 9.78 Å². The number of aliphatic hydroxyl groups is 1. The van der Waals surface area contributed by atoms with Crippen LogP contribution >= 0.6 is 0 Å². The number of tetrazole rings is 1. The van der Waals surface area contributed by atoms with E-state index in [1.807, 2.05) is 77.4 Å². The molecule has 9 nitrogen and oxygen atoms in total. The number of carbonyl (C=O) groups excluding carboxylic acids is 1. The largest absolute Gasteiger partial charge is 0.461 e. The quantitative estimate of drug-likeness (QED) is 0.0880. The number of esters is 1. The first kappa shape index (κ1) is 37.1. The van der Waals surface area contributed by atoms with Crippen molar-refractivity contribution in [3.63, 3.8) is 0 Å². The molecule has 55 heavy (non-hydrogen) atoms. The minimum Gasteiger partial charge on any atom is -0.461 e. The zero-order chi connectivity index (χ0) is 38.4. The molecule has 0 saturated heterocycles. The second-order valence-electron chi connectivity index (χ2n) is 14.1. The summed E-state index contributed by atoms with van der Waals surface area (Å²) < 4.78 is 7.37. The molecule has 9 heteroatoms. The van der Waals surface area contributed by atoms with E-state index in [0.717, 1.165) is 57.6 Å². The van der Waals surface area contributed by atoms with Gasteiger partial charge in [-0.3, -0.25) is 0 Å². The third kappa shape index (κ3) is 7.35. The van der Waals surface area contributed by atoms with Crippen LogP contribution in [0.2, 0.25) is 0 Å². The fourth-order valence-electron chi connectivity index (χ4n) is 7.28. The Hall–Kier alpha value is -6.19. The molecule has 2 heterocycles. The predicted octanol–water partition coefficient (Wildman–Crippen LogP) is 8.84. The number of unbranched alkanes of at least 4 members (excludes halogenated alkanes) is 1. The molecule has 0 unspecified atom stereocenters. The summed E-state index contributed by atoms with van der Waals surface area (Å²) in [6.45, 7) is 7.82. The molecule has 7 rings (SSSR count). The molecular weight excluding hydrogens is 685 g/mol. The Balaban J connectivity index is 1.28. The second kappa shape index (κ2) is 16.0. The van der Waals surface area contributed by atoms with E-state index < -0.39 is 17.1 Å². The van der Waals surface area contributed by atoms with Gasteiger partial charge >= 0.3 is 5.97 Å². The number of carbonyl (C=O) groups is 1. The monoisotopic (exact) mass is 730 g/mol. The van der Waals surface area contributed by atoms with E-state index in [1.54, 1.807) is 25.6 Å². The number of nitrogens with zero attached hydrogens (tertiary/aromatic N) is 6. The van der Waals surface area contributed by atoms with Gasteiger partial charge in [0.25, 0.3) is 0 Å². The lowest BCUT2D eigenvalue weighted by atomic mass is 9.77. The van der Waals surface area contributed by atoms with Gasteiger partial charge in [-0.05, 0) is 65.8 Å². The van der Waals surface area contributed by atoms with Crippen LogP contribution in [0, 0.1) is 0 Å². The highest BCUT2D eigenvalue weighted by Gasteiger charge is 2.41. The average molecular weight is 731 g/mol. The molecule has 0 radical (unpaired) electrons. The van der Waals surface area contributed by atoms with E-state index in [-0.39, 0.29) is 6.61 Å². The standard InChI is InChI=1S/C46H46N6O3/c1-5-7-27-40-47-42(45(3,4)54)41(44(53)55-6-2)51(40)32-33-28-30-34(31-29-33)38-25-17-18-26-39(38)43-48-50-52(49-43)46(35-19-11-8-12-20-35,36-21-13-9-14-22-36)37-23-15-10-16-24-37/h8-26,28-31,54H,5-7,27,32H2,1-4H3. The van der Waals surface area contributed by atoms with Gasteiger partial charge in [0.2, 0.25) is 5.82 Å². The minimum absolute atomic E-state index is 0.224. The zero-order valence-electron chi connectivity index (χ0n) is 31.8. The molecular formula is C46H46N6O3.